The monoisotopic (exact) mass is 517 g/mol. The van der Waals surface area contributed by atoms with Crippen LogP contribution in [0.1, 0.15) is 51.9 Å². The number of Topliss-reactive ketones (excluding diaryl/α,β-unsaturated/α-hetero) is 1. The number of hydrogen-bond donors (Lipinski definition) is 0. The highest BCUT2D eigenvalue weighted by Gasteiger charge is 2.43. The highest BCUT2D eigenvalue weighted by atomic mass is 79.9. The first-order chi connectivity index (χ1) is 16.4. The zero-order valence-electron chi connectivity index (χ0n) is 18.5. The molecule has 1 aliphatic rings. The first-order valence-corrected chi connectivity index (χ1v) is 11.6. The summed E-state index contributed by atoms with van der Waals surface area (Å²) in [5.74, 6) is 0.239. The molecule has 1 unspecified atom stereocenters. The Morgan fingerprint density at radius 3 is 2.38 bits per heavy atom. The third kappa shape index (κ3) is 3.62. The molecule has 3 aromatic carbocycles. The second-order valence-electron chi connectivity index (χ2n) is 8.00. The SMILES string of the molecule is CCOc1ccc(C2c3c(oc4ccc(Br)cc4c3=O)C(=O)N2c2ccc(C(C)=O)cc2)cc1. The molecule has 0 aliphatic carbocycles. The number of rotatable bonds is 5. The lowest BCUT2D eigenvalue weighted by Gasteiger charge is -2.25. The Labute approximate surface area is 203 Å². The summed E-state index contributed by atoms with van der Waals surface area (Å²) < 4.78 is 12.3. The fourth-order valence-electron chi connectivity index (χ4n) is 4.30. The Balaban J connectivity index is 1.73. The minimum atomic E-state index is -0.694. The van der Waals surface area contributed by atoms with E-state index in [1.165, 1.54) is 6.92 Å². The van der Waals surface area contributed by atoms with Crippen LogP contribution in [0.15, 0.2) is 80.4 Å². The molecule has 0 saturated carbocycles. The molecule has 1 atom stereocenters. The molecule has 5 rings (SSSR count). The number of amides is 1. The van der Waals surface area contributed by atoms with Gasteiger partial charge in [-0.1, -0.05) is 28.1 Å². The maximum absolute atomic E-state index is 13.7. The molecule has 1 amide bonds. The molecule has 0 N–H and O–H groups in total. The van der Waals surface area contributed by atoms with Crippen LogP contribution in [-0.2, 0) is 0 Å². The summed E-state index contributed by atoms with van der Waals surface area (Å²) in [6.07, 6.45) is 0. The second kappa shape index (κ2) is 8.57. The van der Waals surface area contributed by atoms with Gasteiger partial charge in [-0.05, 0) is 74.0 Å². The van der Waals surface area contributed by atoms with Crippen molar-refractivity contribution in [2.45, 2.75) is 19.9 Å². The highest BCUT2D eigenvalue weighted by Crippen LogP contribution is 2.41. The lowest BCUT2D eigenvalue weighted by Crippen LogP contribution is -2.29. The van der Waals surface area contributed by atoms with Crippen LogP contribution in [0.5, 0.6) is 5.75 Å². The number of carbonyl (C=O) groups is 2. The van der Waals surface area contributed by atoms with Crippen LogP contribution in [0, 0.1) is 0 Å². The Morgan fingerprint density at radius 1 is 1.03 bits per heavy atom. The molecule has 34 heavy (non-hydrogen) atoms. The lowest BCUT2D eigenvalue weighted by atomic mass is 9.98. The van der Waals surface area contributed by atoms with E-state index in [-0.39, 0.29) is 22.5 Å². The molecule has 7 heteroatoms. The third-order valence-corrected chi connectivity index (χ3v) is 6.38. The molecule has 1 aliphatic heterocycles. The largest absolute Gasteiger partial charge is 0.494 e. The fraction of sp³-hybridized carbons (Fsp3) is 0.148. The molecule has 4 aromatic rings. The molecule has 6 nitrogen and oxygen atoms in total. The standard InChI is InChI=1S/C27H20BrNO5/c1-3-33-20-11-6-17(7-12-20)24-23-25(31)21-14-18(28)8-13-22(21)34-26(23)27(32)29(24)19-9-4-16(5-10-19)15(2)30/h4-14,24H,3H2,1-2H3. The fourth-order valence-corrected chi connectivity index (χ4v) is 4.66. The summed E-state index contributed by atoms with van der Waals surface area (Å²) in [5, 5.41) is 0.394. The van der Waals surface area contributed by atoms with Gasteiger partial charge in [0.05, 0.1) is 23.6 Å². The summed E-state index contributed by atoms with van der Waals surface area (Å²) >= 11 is 3.41. The topological polar surface area (TPSA) is 76.8 Å². The summed E-state index contributed by atoms with van der Waals surface area (Å²) in [5.41, 5.74) is 2.22. The van der Waals surface area contributed by atoms with E-state index in [0.29, 0.717) is 34.6 Å². The molecule has 0 saturated heterocycles. The number of ketones is 1. The van der Waals surface area contributed by atoms with Crippen molar-refractivity contribution >= 4 is 44.3 Å². The van der Waals surface area contributed by atoms with E-state index in [1.807, 2.05) is 31.2 Å². The van der Waals surface area contributed by atoms with Gasteiger partial charge in [-0.3, -0.25) is 19.3 Å². The van der Waals surface area contributed by atoms with Crippen LogP contribution < -0.4 is 15.1 Å². The minimum absolute atomic E-state index is 0.0225. The number of benzene rings is 3. The molecule has 0 bridgehead atoms. The van der Waals surface area contributed by atoms with Gasteiger partial charge < -0.3 is 9.15 Å². The van der Waals surface area contributed by atoms with E-state index >= 15 is 0 Å². The number of ether oxygens (including phenoxy) is 1. The van der Waals surface area contributed by atoms with Crippen molar-refractivity contribution in [2.75, 3.05) is 11.5 Å². The van der Waals surface area contributed by atoms with Gasteiger partial charge in [-0.25, -0.2) is 0 Å². The van der Waals surface area contributed by atoms with Gasteiger partial charge in [0.1, 0.15) is 11.3 Å². The molecule has 170 valence electrons. The maximum Gasteiger partial charge on any atom is 0.295 e. The normalized spacial score (nSPS) is 15.0. The highest BCUT2D eigenvalue weighted by molar-refractivity contribution is 9.10. The van der Waals surface area contributed by atoms with Gasteiger partial charge in [-0.2, -0.15) is 0 Å². The molecule has 1 aromatic heterocycles. The maximum atomic E-state index is 13.7. The van der Waals surface area contributed by atoms with Crippen molar-refractivity contribution in [3.05, 3.63) is 104 Å². The zero-order valence-corrected chi connectivity index (χ0v) is 20.1. The number of fused-ring (bicyclic) bond motifs is 2. The zero-order chi connectivity index (χ0) is 24.0. The van der Waals surface area contributed by atoms with Crippen molar-refractivity contribution in [2.24, 2.45) is 0 Å². The predicted octanol–water partition coefficient (Wildman–Crippen LogP) is 5.91. The number of halogens is 1. The average molecular weight is 518 g/mol. The minimum Gasteiger partial charge on any atom is -0.494 e. The van der Waals surface area contributed by atoms with E-state index in [1.54, 1.807) is 47.4 Å². The Morgan fingerprint density at radius 2 is 1.74 bits per heavy atom. The van der Waals surface area contributed by atoms with E-state index < -0.39 is 11.9 Å². The van der Waals surface area contributed by atoms with E-state index in [2.05, 4.69) is 15.9 Å². The molecule has 0 radical (unpaired) electrons. The summed E-state index contributed by atoms with van der Waals surface area (Å²) in [6.45, 7) is 3.92. The van der Waals surface area contributed by atoms with Crippen LogP contribution in [0.2, 0.25) is 0 Å². The van der Waals surface area contributed by atoms with Crippen LogP contribution in [0.3, 0.4) is 0 Å². The number of anilines is 1. The van der Waals surface area contributed by atoms with Crippen LogP contribution in [0.4, 0.5) is 5.69 Å². The van der Waals surface area contributed by atoms with Gasteiger partial charge in [0.25, 0.3) is 5.91 Å². The predicted molar refractivity (Wildman–Crippen MR) is 133 cm³/mol. The first kappa shape index (κ1) is 22.1. The smallest absolute Gasteiger partial charge is 0.295 e. The summed E-state index contributed by atoms with van der Waals surface area (Å²) in [6, 6.07) is 18.5. The Bertz CT molecular complexity index is 1490. The first-order valence-electron chi connectivity index (χ1n) is 10.8. The number of hydrogen-bond acceptors (Lipinski definition) is 5. The van der Waals surface area contributed by atoms with Crippen molar-refractivity contribution in [3.8, 4) is 5.75 Å². The Kier molecular flexibility index (Phi) is 5.57. The molecular weight excluding hydrogens is 498 g/mol. The van der Waals surface area contributed by atoms with Gasteiger partial charge in [-0.15, -0.1) is 0 Å². The number of carbonyl (C=O) groups excluding carboxylic acids is 2. The summed E-state index contributed by atoms with van der Waals surface area (Å²) in [4.78, 5) is 40.6. The quantitative estimate of drug-likeness (QED) is 0.307. The van der Waals surface area contributed by atoms with Crippen molar-refractivity contribution in [3.63, 3.8) is 0 Å². The van der Waals surface area contributed by atoms with E-state index in [4.69, 9.17) is 9.15 Å². The van der Waals surface area contributed by atoms with Crippen LogP contribution in [0.25, 0.3) is 11.0 Å². The van der Waals surface area contributed by atoms with Gasteiger partial charge in [0.15, 0.2) is 11.2 Å². The van der Waals surface area contributed by atoms with Gasteiger partial charge >= 0.3 is 0 Å². The van der Waals surface area contributed by atoms with Gasteiger partial charge in [0.2, 0.25) is 5.76 Å². The lowest BCUT2D eigenvalue weighted by molar-refractivity contribution is 0.0970. The average Bonchev–Trinajstić information content (AvgIpc) is 3.13. The van der Waals surface area contributed by atoms with Gasteiger partial charge in [0, 0.05) is 15.7 Å². The van der Waals surface area contributed by atoms with E-state index in [9.17, 15) is 14.4 Å². The number of nitrogens with zero attached hydrogens (tertiary/aromatic N) is 1. The Hall–Kier alpha value is -3.71. The molecule has 0 fully saturated rings. The molecule has 2 heterocycles. The van der Waals surface area contributed by atoms with Crippen molar-refractivity contribution < 1.29 is 18.7 Å². The van der Waals surface area contributed by atoms with Crippen LogP contribution >= 0.6 is 15.9 Å². The second-order valence-corrected chi connectivity index (χ2v) is 8.91. The van der Waals surface area contributed by atoms with Crippen molar-refractivity contribution in [1.82, 2.24) is 0 Å². The molecular formula is C27H20BrNO5. The van der Waals surface area contributed by atoms with Crippen molar-refractivity contribution in [1.29, 1.82) is 0 Å². The third-order valence-electron chi connectivity index (χ3n) is 5.89. The van der Waals surface area contributed by atoms with Crippen LogP contribution in [-0.4, -0.2) is 18.3 Å². The van der Waals surface area contributed by atoms with E-state index in [0.717, 1.165) is 10.0 Å². The summed E-state index contributed by atoms with van der Waals surface area (Å²) in [7, 11) is 0. The molecule has 0 spiro atoms.